The number of methoxy groups -OCH3 is 1. The van der Waals surface area contributed by atoms with Crippen LogP contribution in [0.3, 0.4) is 0 Å². The summed E-state index contributed by atoms with van der Waals surface area (Å²) in [5, 5.41) is 0. The predicted molar refractivity (Wildman–Crippen MR) is 31.0 cm³/mol. The average molecular weight is 101 g/mol. The quantitative estimate of drug-likeness (QED) is 0.512. The summed E-state index contributed by atoms with van der Waals surface area (Å²) in [4.78, 5) is 0. The summed E-state index contributed by atoms with van der Waals surface area (Å²) in [6.07, 6.45) is 0.153. The van der Waals surface area contributed by atoms with Crippen molar-refractivity contribution in [3.63, 3.8) is 0 Å². The minimum absolute atomic E-state index is 0.153. The van der Waals surface area contributed by atoms with Crippen molar-refractivity contribution in [1.29, 1.82) is 0 Å². The van der Waals surface area contributed by atoms with Gasteiger partial charge in [-0.15, -0.1) is 0 Å². The van der Waals surface area contributed by atoms with E-state index in [2.05, 4.69) is 20.8 Å². The lowest BCUT2D eigenvalue weighted by atomic mass is 10.1. The molecule has 0 aromatic rings. The number of ether oxygens (including phenoxy) is 1. The molecule has 7 heavy (non-hydrogen) atoms. The molecule has 0 bridgehead atoms. The summed E-state index contributed by atoms with van der Waals surface area (Å²) in [6.45, 7) is 7.90. The summed E-state index contributed by atoms with van der Waals surface area (Å²) >= 11 is 0. The average Bonchev–Trinajstić information content (AvgIpc) is 1.65. The molecule has 0 aliphatic rings. The first kappa shape index (κ1) is 6.96. The van der Waals surface area contributed by atoms with Crippen LogP contribution in [0.1, 0.15) is 13.8 Å². The van der Waals surface area contributed by atoms with E-state index in [4.69, 9.17) is 4.74 Å². The Balaban J connectivity index is 3.14. The maximum atomic E-state index is 4.90. The predicted octanol–water partition coefficient (Wildman–Crippen LogP) is 1.49. The first-order chi connectivity index (χ1) is 3.18. The van der Waals surface area contributed by atoms with Crippen molar-refractivity contribution < 1.29 is 4.74 Å². The van der Waals surface area contributed by atoms with Crippen molar-refractivity contribution in [2.24, 2.45) is 5.92 Å². The fourth-order valence-corrected chi connectivity index (χ4v) is 0.272. The second-order valence-electron chi connectivity index (χ2n) is 2.02. The van der Waals surface area contributed by atoms with Gasteiger partial charge in [0.1, 0.15) is 0 Å². The highest BCUT2D eigenvalue weighted by molar-refractivity contribution is 4.61. The molecule has 1 atom stereocenters. The van der Waals surface area contributed by atoms with Gasteiger partial charge in [0.2, 0.25) is 0 Å². The SMILES string of the molecule is [CH2]C(OC)C(C)C. The van der Waals surface area contributed by atoms with Crippen molar-refractivity contribution in [2.45, 2.75) is 20.0 Å². The lowest BCUT2D eigenvalue weighted by molar-refractivity contribution is 0.101. The molecule has 0 aromatic heterocycles. The summed E-state index contributed by atoms with van der Waals surface area (Å²) in [5.41, 5.74) is 0. The third kappa shape index (κ3) is 2.63. The van der Waals surface area contributed by atoms with Gasteiger partial charge in [0.25, 0.3) is 0 Å². The Morgan fingerprint density at radius 2 is 1.86 bits per heavy atom. The number of hydrogen-bond donors (Lipinski definition) is 0. The summed E-state index contributed by atoms with van der Waals surface area (Å²) in [7, 11) is 1.68. The molecule has 0 aliphatic heterocycles. The molecule has 0 spiro atoms. The van der Waals surface area contributed by atoms with Crippen molar-refractivity contribution >= 4 is 0 Å². The van der Waals surface area contributed by atoms with E-state index in [1.165, 1.54) is 0 Å². The Morgan fingerprint density at radius 3 is 1.86 bits per heavy atom. The molecule has 1 heteroatoms. The normalized spacial score (nSPS) is 15.0. The number of hydrogen-bond acceptors (Lipinski definition) is 1. The minimum Gasteiger partial charge on any atom is -0.381 e. The molecule has 0 heterocycles. The molecule has 0 fully saturated rings. The fraction of sp³-hybridized carbons (Fsp3) is 0.833. The Bertz CT molecular complexity index is 41.4. The first-order valence-corrected chi connectivity index (χ1v) is 2.54. The van der Waals surface area contributed by atoms with E-state index in [0.29, 0.717) is 5.92 Å². The highest BCUT2D eigenvalue weighted by Gasteiger charge is 2.02. The molecule has 1 radical (unpaired) electrons. The maximum absolute atomic E-state index is 4.90. The molecular weight excluding hydrogens is 88.1 g/mol. The zero-order valence-electron chi connectivity index (χ0n) is 5.27. The van der Waals surface area contributed by atoms with Crippen LogP contribution in [0.15, 0.2) is 0 Å². The molecule has 0 N–H and O–H groups in total. The first-order valence-electron chi connectivity index (χ1n) is 2.54. The molecule has 0 aliphatic carbocycles. The van der Waals surface area contributed by atoms with Crippen LogP contribution >= 0.6 is 0 Å². The van der Waals surface area contributed by atoms with Crippen molar-refractivity contribution in [2.75, 3.05) is 7.11 Å². The molecule has 43 valence electrons. The third-order valence-electron chi connectivity index (χ3n) is 1.05. The van der Waals surface area contributed by atoms with Gasteiger partial charge in [-0.1, -0.05) is 13.8 Å². The molecule has 0 amide bonds. The van der Waals surface area contributed by atoms with Gasteiger partial charge in [0.15, 0.2) is 0 Å². The third-order valence-corrected chi connectivity index (χ3v) is 1.05. The van der Waals surface area contributed by atoms with Gasteiger partial charge in [-0.05, 0) is 12.8 Å². The van der Waals surface area contributed by atoms with Crippen LogP contribution in [0, 0.1) is 12.8 Å². The molecular formula is C6H13O. The maximum Gasteiger partial charge on any atom is 0.0595 e. The van der Waals surface area contributed by atoms with E-state index in [-0.39, 0.29) is 6.10 Å². The fourth-order valence-electron chi connectivity index (χ4n) is 0.272. The van der Waals surface area contributed by atoms with E-state index < -0.39 is 0 Å². The summed E-state index contributed by atoms with van der Waals surface area (Å²) in [6, 6.07) is 0. The standard InChI is InChI=1S/C6H13O/c1-5(2)6(3)7-4/h5-6H,3H2,1-2,4H3. The second-order valence-corrected chi connectivity index (χ2v) is 2.02. The van der Waals surface area contributed by atoms with Crippen LogP contribution in [-0.2, 0) is 4.74 Å². The van der Waals surface area contributed by atoms with Crippen molar-refractivity contribution in [1.82, 2.24) is 0 Å². The van der Waals surface area contributed by atoms with Crippen molar-refractivity contribution in [3.05, 3.63) is 6.92 Å². The van der Waals surface area contributed by atoms with Crippen LogP contribution in [0.2, 0.25) is 0 Å². The Kier molecular flexibility index (Phi) is 3.01. The Labute approximate surface area is 45.7 Å². The van der Waals surface area contributed by atoms with Crippen LogP contribution in [0.5, 0.6) is 0 Å². The zero-order valence-corrected chi connectivity index (χ0v) is 5.27. The lowest BCUT2D eigenvalue weighted by Gasteiger charge is -2.11. The molecule has 0 aromatic carbocycles. The highest BCUT2D eigenvalue weighted by Crippen LogP contribution is 2.01. The Morgan fingerprint density at radius 1 is 1.43 bits per heavy atom. The van der Waals surface area contributed by atoms with Crippen LogP contribution in [0.4, 0.5) is 0 Å². The van der Waals surface area contributed by atoms with Gasteiger partial charge in [-0.3, -0.25) is 0 Å². The minimum atomic E-state index is 0.153. The molecule has 1 unspecified atom stereocenters. The van der Waals surface area contributed by atoms with Crippen LogP contribution in [-0.4, -0.2) is 13.2 Å². The van der Waals surface area contributed by atoms with Crippen LogP contribution in [0.25, 0.3) is 0 Å². The smallest absolute Gasteiger partial charge is 0.0595 e. The van der Waals surface area contributed by atoms with Gasteiger partial charge in [-0.2, -0.15) is 0 Å². The van der Waals surface area contributed by atoms with Gasteiger partial charge >= 0.3 is 0 Å². The van der Waals surface area contributed by atoms with Gasteiger partial charge in [-0.25, -0.2) is 0 Å². The van der Waals surface area contributed by atoms with E-state index in [9.17, 15) is 0 Å². The molecule has 0 saturated heterocycles. The molecule has 1 nitrogen and oxygen atoms in total. The summed E-state index contributed by atoms with van der Waals surface area (Å²) in [5.74, 6) is 0.532. The second kappa shape index (κ2) is 3.03. The van der Waals surface area contributed by atoms with E-state index in [0.717, 1.165) is 0 Å². The van der Waals surface area contributed by atoms with Gasteiger partial charge < -0.3 is 4.74 Å². The van der Waals surface area contributed by atoms with E-state index >= 15 is 0 Å². The molecule has 0 rings (SSSR count). The highest BCUT2D eigenvalue weighted by atomic mass is 16.5. The largest absolute Gasteiger partial charge is 0.381 e. The van der Waals surface area contributed by atoms with E-state index in [1.54, 1.807) is 7.11 Å². The van der Waals surface area contributed by atoms with Crippen molar-refractivity contribution in [3.8, 4) is 0 Å². The zero-order chi connectivity index (χ0) is 5.86. The lowest BCUT2D eigenvalue weighted by Crippen LogP contribution is -2.12. The summed E-state index contributed by atoms with van der Waals surface area (Å²) < 4.78 is 4.90. The van der Waals surface area contributed by atoms with Gasteiger partial charge in [0, 0.05) is 7.11 Å². The topological polar surface area (TPSA) is 9.23 Å². The van der Waals surface area contributed by atoms with Crippen LogP contribution < -0.4 is 0 Å². The van der Waals surface area contributed by atoms with E-state index in [1.807, 2.05) is 0 Å². The molecule has 0 saturated carbocycles. The monoisotopic (exact) mass is 101 g/mol. The Hall–Kier alpha value is -0.0400. The number of rotatable bonds is 2. The van der Waals surface area contributed by atoms with Gasteiger partial charge in [0.05, 0.1) is 6.10 Å².